The van der Waals surface area contributed by atoms with Crippen molar-refractivity contribution in [2.75, 3.05) is 39.0 Å². The molecule has 0 aromatic heterocycles. The molecule has 0 radical (unpaired) electrons. The van der Waals surface area contributed by atoms with Crippen LogP contribution in [0, 0.1) is 0 Å². The number of nitrogens with one attached hydrogen (secondary N) is 2. The van der Waals surface area contributed by atoms with Crippen molar-refractivity contribution in [3.05, 3.63) is 29.8 Å². The topological polar surface area (TPSA) is 64.7 Å². The van der Waals surface area contributed by atoms with Crippen LogP contribution in [0.1, 0.15) is 44.6 Å². The monoisotopic (exact) mass is 360 g/mol. The number of carbonyl (C=O) groups excluding carboxylic acids is 2. The summed E-state index contributed by atoms with van der Waals surface area (Å²) in [5.74, 6) is 0.577. The van der Waals surface area contributed by atoms with E-state index in [-0.39, 0.29) is 18.0 Å². The van der Waals surface area contributed by atoms with E-state index >= 15 is 0 Å². The SMILES string of the molecule is CC(C)c1ccccc1NC(=O)NCC[C@@H]1CCC(=O)N1CCN(C)C. The molecule has 0 saturated carbocycles. The highest BCUT2D eigenvalue weighted by Crippen LogP contribution is 2.23. The van der Waals surface area contributed by atoms with Gasteiger partial charge in [0.05, 0.1) is 0 Å². The van der Waals surface area contributed by atoms with Gasteiger partial charge in [0.2, 0.25) is 5.91 Å². The minimum Gasteiger partial charge on any atom is -0.338 e. The highest BCUT2D eigenvalue weighted by molar-refractivity contribution is 5.90. The normalized spacial score (nSPS) is 17.2. The second-order valence-corrected chi connectivity index (χ2v) is 7.49. The van der Waals surface area contributed by atoms with Crippen molar-refractivity contribution in [3.8, 4) is 0 Å². The Morgan fingerprint density at radius 2 is 2.04 bits per heavy atom. The quantitative estimate of drug-likeness (QED) is 0.749. The van der Waals surface area contributed by atoms with Gasteiger partial charge in [0.15, 0.2) is 0 Å². The molecule has 144 valence electrons. The Morgan fingerprint density at radius 1 is 1.31 bits per heavy atom. The Bertz CT molecular complexity index is 616. The second kappa shape index (κ2) is 9.57. The van der Waals surface area contributed by atoms with E-state index < -0.39 is 0 Å². The summed E-state index contributed by atoms with van der Waals surface area (Å²) in [5.41, 5.74) is 1.97. The van der Waals surface area contributed by atoms with Crippen molar-refractivity contribution in [3.63, 3.8) is 0 Å². The minimum absolute atomic E-state index is 0.192. The van der Waals surface area contributed by atoms with Crippen LogP contribution in [0.5, 0.6) is 0 Å². The van der Waals surface area contributed by atoms with Crippen LogP contribution in [0.25, 0.3) is 0 Å². The summed E-state index contributed by atoms with van der Waals surface area (Å²) in [7, 11) is 4.02. The highest BCUT2D eigenvalue weighted by Gasteiger charge is 2.30. The van der Waals surface area contributed by atoms with Gasteiger partial charge in [0.1, 0.15) is 0 Å². The van der Waals surface area contributed by atoms with Gasteiger partial charge in [-0.25, -0.2) is 4.79 Å². The fourth-order valence-electron chi connectivity index (χ4n) is 3.34. The maximum absolute atomic E-state index is 12.2. The van der Waals surface area contributed by atoms with Gasteiger partial charge >= 0.3 is 6.03 Å². The van der Waals surface area contributed by atoms with E-state index in [0.717, 1.165) is 37.2 Å². The molecule has 0 bridgehead atoms. The average Bonchev–Trinajstić information content (AvgIpc) is 2.93. The van der Waals surface area contributed by atoms with Crippen LogP contribution in [0.15, 0.2) is 24.3 Å². The van der Waals surface area contributed by atoms with Gasteiger partial charge in [-0.15, -0.1) is 0 Å². The molecule has 6 nitrogen and oxygen atoms in total. The highest BCUT2D eigenvalue weighted by atomic mass is 16.2. The van der Waals surface area contributed by atoms with E-state index in [0.29, 0.717) is 18.9 Å². The Kier molecular flexibility index (Phi) is 7.45. The van der Waals surface area contributed by atoms with Gasteiger partial charge in [-0.1, -0.05) is 32.0 Å². The average molecular weight is 361 g/mol. The van der Waals surface area contributed by atoms with Gasteiger partial charge in [0.25, 0.3) is 0 Å². The standard InChI is InChI=1S/C20H32N4O2/c1-15(2)17-7-5-6-8-18(17)22-20(26)21-12-11-16-9-10-19(25)24(16)14-13-23(3)4/h5-8,15-16H,9-14H2,1-4H3,(H2,21,22,26)/t16-/m0/s1. The summed E-state index contributed by atoms with van der Waals surface area (Å²) in [6.07, 6.45) is 2.29. The number of nitrogens with zero attached hydrogens (tertiary/aromatic N) is 2. The van der Waals surface area contributed by atoms with E-state index in [4.69, 9.17) is 0 Å². The van der Waals surface area contributed by atoms with Crippen molar-refractivity contribution in [1.29, 1.82) is 0 Å². The maximum atomic E-state index is 12.2. The summed E-state index contributed by atoms with van der Waals surface area (Å²) < 4.78 is 0. The van der Waals surface area contributed by atoms with Gasteiger partial charge in [-0.3, -0.25) is 4.79 Å². The lowest BCUT2D eigenvalue weighted by Gasteiger charge is -2.26. The first kappa shape index (κ1) is 20.2. The number of likely N-dealkylation sites (tertiary alicyclic amines) is 1. The fourth-order valence-corrected chi connectivity index (χ4v) is 3.34. The summed E-state index contributed by atoms with van der Waals surface area (Å²) in [5, 5.41) is 5.87. The Balaban J connectivity index is 1.80. The number of carbonyl (C=O) groups is 2. The van der Waals surface area contributed by atoms with Gasteiger partial charge < -0.3 is 20.4 Å². The zero-order valence-corrected chi connectivity index (χ0v) is 16.4. The Hall–Kier alpha value is -2.08. The van der Waals surface area contributed by atoms with E-state index in [1.54, 1.807) is 0 Å². The molecule has 2 N–H and O–H groups in total. The molecule has 1 aliphatic heterocycles. The molecule has 1 aromatic rings. The maximum Gasteiger partial charge on any atom is 0.319 e. The van der Waals surface area contributed by atoms with Gasteiger partial charge in [0, 0.05) is 37.8 Å². The zero-order chi connectivity index (χ0) is 19.1. The van der Waals surface area contributed by atoms with E-state index in [9.17, 15) is 9.59 Å². The molecule has 6 heteroatoms. The number of benzene rings is 1. The predicted molar refractivity (Wildman–Crippen MR) is 105 cm³/mol. The Labute approximate surface area is 156 Å². The first-order valence-electron chi connectivity index (χ1n) is 9.46. The lowest BCUT2D eigenvalue weighted by Crippen LogP contribution is -2.40. The summed E-state index contributed by atoms with van der Waals surface area (Å²) in [6, 6.07) is 7.90. The van der Waals surface area contributed by atoms with E-state index in [1.807, 2.05) is 43.3 Å². The largest absolute Gasteiger partial charge is 0.338 e. The molecule has 1 aliphatic rings. The molecule has 0 spiro atoms. The lowest BCUT2D eigenvalue weighted by atomic mass is 10.0. The summed E-state index contributed by atoms with van der Waals surface area (Å²) >= 11 is 0. The molecule has 1 saturated heterocycles. The molecular formula is C20H32N4O2. The van der Waals surface area contributed by atoms with Gasteiger partial charge in [-0.2, -0.15) is 0 Å². The Morgan fingerprint density at radius 3 is 2.73 bits per heavy atom. The lowest BCUT2D eigenvalue weighted by molar-refractivity contribution is -0.129. The predicted octanol–water partition coefficient (Wildman–Crippen LogP) is 2.87. The number of amides is 3. The molecule has 1 fully saturated rings. The molecule has 0 unspecified atom stereocenters. The first-order chi connectivity index (χ1) is 12.4. The number of para-hydroxylation sites is 1. The number of likely N-dealkylation sites (N-methyl/N-ethyl adjacent to an activating group) is 1. The minimum atomic E-state index is -0.192. The first-order valence-corrected chi connectivity index (χ1v) is 9.46. The number of anilines is 1. The van der Waals surface area contributed by atoms with Crippen molar-refractivity contribution in [2.45, 2.75) is 45.1 Å². The fraction of sp³-hybridized carbons (Fsp3) is 0.600. The summed E-state index contributed by atoms with van der Waals surface area (Å²) in [4.78, 5) is 28.3. The van der Waals surface area contributed by atoms with Crippen LogP contribution in [-0.2, 0) is 4.79 Å². The molecule has 1 aromatic carbocycles. The van der Waals surface area contributed by atoms with E-state index in [1.165, 1.54) is 0 Å². The van der Waals surface area contributed by atoms with E-state index in [2.05, 4.69) is 29.4 Å². The number of urea groups is 1. The molecule has 1 atom stereocenters. The van der Waals surface area contributed by atoms with Crippen LogP contribution in [-0.4, -0.2) is 61.5 Å². The molecular weight excluding hydrogens is 328 g/mol. The number of hydrogen-bond donors (Lipinski definition) is 2. The zero-order valence-electron chi connectivity index (χ0n) is 16.4. The van der Waals surface area contributed by atoms with Crippen molar-refractivity contribution < 1.29 is 9.59 Å². The van der Waals surface area contributed by atoms with Crippen LogP contribution >= 0.6 is 0 Å². The smallest absolute Gasteiger partial charge is 0.319 e. The third-order valence-electron chi connectivity index (χ3n) is 4.83. The summed E-state index contributed by atoms with van der Waals surface area (Å²) in [6.45, 7) is 6.40. The van der Waals surface area contributed by atoms with Crippen molar-refractivity contribution >= 4 is 17.6 Å². The molecule has 0 aliphatic carbocycles. The van der Waals surface area contributed by atoms with Crippen LogP contribution in [0.4, 0.5) is 10.5 Å². The number of hydrogen-bond acceptors (Lipinski definition) is 3. The van der Waals surface area contributed by atoms with Crippen LogP contribution in [0.3, 0.4) is 0 Å². The van der Waals surface area contributed by atoms with Crippen LogP contribution < -0.4 is 10.6 Å². The second-order valence-electron chi connectivity index (χ2n) is 7.49. The third kappa shape index (κ3) is 5.73. The van der Waals surface area contributed by atoms with Crippen LogP contribution in [0.2, 0.25) is 0 Å². The molecule has 3 amide bonds. The van der Waals surface area contributed by atoms with Gasteiger partial charge in [-0.05, 0) is 44.5 Å². The number of rotatable bonds is 8. The van der Waals surface area contributed by atoms with Crippen molar-refractivity contribution in [2.24, 2.45) is 0 Å². The molecule has 2 rings (SSSR count). The molecule has 26 heavy (non-hydrogen) atoms. The third-order valence-corrected chi connectivity index (χ3v) is 4.83. The van der Waals surface area contributed by atoms with Crippen molar-refractivity contribution in [1.82, 2.24) is 15.1 Å². The molecule has 1 heterocycles.